The standard InChI is InChI=1S/C12H25N3O/c1-4-5-15(11-7-13-8-11)9-12(16)14-6-10(2)3/h10-11,13H,4-9H2,1-3H3,(H,14,16). The fraction of sp³-hybridized carbons (Fsp3) is 0.917. The molecule has 0 atom stereocenters. The summed E-state index contributed by atoms with van der Waals surface area (Å²) in [4.78, 5) is 14.0. The van der Waals surface area contributed by atoms with Crippen molar-refractivity contribution in [3.8, 4) is 0 Å². The van der Waals surface area contributed by atoms with Crippen LogP contribution in [0, 0.1) is 5.92 Å². The zero-order valence-corrected chi connectivity index (χ0v) is 10.8. The lowest BCUT2D eigenvalue weighted by Crippen LogP contribution is -2.59. The second-order valence-corrected chi connectivity index (χ2v) is 4.98. The molecule has 0 unspecified atom stereocenters. The van der Waals surface area contributed by atoms with Crippen LogP contribution in [0.2, 0.25) is 0 Å². The summed E-state index contributed by atoms with van der Waals surface area (Å²) < 4.78 is 0. The molecule has 0 spiro atoms. The van der Waals surface area contributed by atoms with Gasteiger partial charge in [0, 0.05) is 25.7 Å². The summed E-state index contributed by atoms with van der Waals surface area (Å²) >= 11 is 0. The third-order valence-electron chi connectivity index (χ3n) is 2.84. The maximum absolute atomic E-state index is 11.7. The van der Waals surface area contributed by atoms with Crippen molar-refractivity contribution < 1.29 is 4.79 Å². The predicted molar refractivity (Wildman–Crippen MR) is 66.4 cm³/mol. The van der Waals surface area contributed by atoms with E-state index in [2.05, 4.69) is 36.3 Å². The highest BCUT2D eigenvalue weighted by Gasteiger charge is 2.25. The van der Waals surface area contributed by atoms with Gasteiger partial charge in [-0.15, -0.1) is 0 Å². The molecular formula is C12H25N3O. The third kappa shape index (κ3) is 4.49. The van der Waals surface area contributed by atoms with Gasteiger partial charge in [-0.1, -0.05) is 20.8 Å². The molecule has 16 heavy (non-hydrogen) atoms. The van der Waals surface area contributed by atoms with Gasteiger partial charge >= 0.3 is 0 Å². The molecule has 4 nitrogen and oxygen atoms in total. The summed E-state index contributed by atoms with van der Waals surface area (Å²) in [7, 11) is 0. The third-order valence-corrected chi connectivity index (χ3v) is 2.84. The van der Waals surface area contributed by atoms with Crippen LogP contribution < -0.4 is 10.6 Å². The maximum atomic E-state index is 11.7. The van der Waals surface area contributed by atoms with E-state index < -0.39 is 0 Å². The number of nitrogens with one attached hydrogen (secondary N) is 2. The molecule has 0 aromatic heterocycles. The molecule has 2 N–H and O–H groups in total. The maximum Gasteiger partial charge on any atom is 0.234 e. The van der Waals surface area contributed by atoms with Gasteiger partial charge in [0.1, 0.15) is 0 Å². The molecule has 1 amide bonds. The second kappa shape index (κ2) is 6.86. The van der Waals surface area contributed by atoms with Gasteiger partial charge in [-0.2, -0.15) is 0 Å². The molecule has 0 bridgehead atoms. The fourth-order valence-corrected chi connectivity index (χ4v) is 1.77. The monoisotopic (exact) mass is 227 g/mol. The molecule has 1 rings (SSSR count). The molecule has 4 heteroatoms. The van der Waals surface area contributed by atoms with Crippen LogP contribution in [0.25, 0.3) is 0 Å². The first kappa shape index (κ1) is 13.5. The predicted octanol–water partition coefficient (Wildman–Crippen LogP) is 0.442. The van der Waals surface area contributed by atoms with Crippen molar-refractivity contribution in [3.05, 3.63) is 0 Å². The first-order valence-electron chi connectivity index (χ1n) is 6.35. The molecule has 1 aliphatic heterocycles. The Morgan fingerprint density at radius 3 is 2.62 bits per heavy atom. The minimum Gasteiger partial charge on any atom is -0.355 e. The molecule has 0 aromatic rings. The van der Waals surface area contributed by atoms with E-state index in [4.69, 9.17) is 0 Å². The Morgan fingerprint density at radius 1 is 1.50 bits per heavy atom. The van der Waals surface area contributed by atoms with E-state index in [0.29, 0.717) is 18.5 Å². The number of rotatable bonds is 7. The number of hydrogen-bond donors (Lipinski definition) is 2. The van der Waals surface area contributed by atoms with Gasteiger partial charge in [-0.3, -0.25) is 9.69 Å². The molecule has 0 radical (unpaired) electrons. The lowest BCUT2D eigenvalue weighted by molar-refractivity contribution is -0.123. The number of amides is 1. The quantitative estimate of drug-likeness (QED) is 0.663. The van der Waals surface area contributed by atoms with Crippen LogP contribution in [0.4, 0.5) is 0 Å². The van der Waals surface area contributed by atoms with E-state index in [0.717, 1.165) is 32.6 Å². The molecule has 1 fully saturated rings. The van der Waals surface area contributed by atoms with Crippen LogP contribution >= 0.6 is 0 Å². The summed E-state index contributed by atoms with van der Waals surface area (Å²) in [6, 6.07) is 0.560. The van der Waals surface area contributed by atoms with Crippen LogP contribution in [0.3, 0.4) is 0 Å². The molecule has 0 aromatic carbocycles. The molecule has 1 aliphatic rings. The van der Waals surface area contributed by atoms with Crippen LogP contribution in [-0.2, 0) is 4.79 Å². The van der Waals surface area contributed by atoms with Gasteiger partial charge in [0.25, 0.3) is 0 Å². The van der Waals surface area contributed by atoms with Crippen molar-refractivity contribution in [2.75, 3.05) is 32.7 Å². The van der Waals surface area contributed by atoms with Gasteiger partial charge in [0.15, 0.2) is 0 Å². The van der Waals surface area contributed by atoms with E-state index in [-0.39, 0.29) is 5.91 Å². The second-order valence-electron chi connectivity index (χ2n) is 4.98. The van der Waals surface area contributed by atoms with Crippen molar-refractivity contribution in [3.63, 3.8) is 0 Å². The van der Waals surface area contributed by atoms with Crippen LogP contribution in [0.5, 0.6) is 0 Å². The summed E-state index contributed by atoms with van der Waals surface area (Å²) in [6.45, 7) is 10.8. The van der Waals surface area contributed by atoms with E-state index in [1.165, 1.54) is 0 Å². The van der Waals surface area contributed by atoms with E-state index >= 15 is 0 Å². The first-order valence-corrected chi connectivity index (χ1v) is 6.35. The van der Waals surface area contributed by atoms with Gasteiger partial charge in [0.05, 0.1) is 6.54 Å². The molecular weight excluding hydrogens is 202 g/mol. The Bertz CT molecular complexity index is 214. The fourth-order valence-electron chi connectivity index (χ4n) is 1.77. The van der Waals surface area contributed by atoms with Crippen LogP contribution in [-0.4, -0.2) is 49.6 Å². The average Bonchev–Trinajstić information content (AvgIpc) is 2.12. The van der Waals surface area contributed by atoms with Crippen molar-refractivity contribution in [2.24, 2.45) is 5.92 Å². The van der Waals surface area contributed by atoms with Crippen molar-refractivity contribution in [1.82, 2.24) is 15.5 Å². The minimum atomic E-state index is 0.161. The topological polar surface area (TPSA) is 44.4 Å². The molecule has 1 saturated heterocycles. The molecule has 94 valence electrons. The first-order chi connectivity index (χ1) is 7.63. The Kier molecular flexibility index (Phi) is 5.77. The average molecular weight is 227 g/mol. The summed E-state index contributed by atoms with van der Waals surface area (Å²) in [5.41, 5.74) is 0. The number of carbonyl (C=O) groups excluding carboxylic acids is 1. The lowest BCUT2D eigenvalue weighted by atomic mass is 10.1. The van der Waals surface area contributed by atoms with E-state index in [1.54, 1.807) is 0 Å². The Labute approximate surface area is 98.8 Å². The molecule has 1 heterocycles. The Hall–Kier alpha value is -0.610. The van der Waals surface area contributed by atoms with Gasteiger partial charge in [-0.05, 0) is 18.9 Å². The summed E-state index contributed by atoms with van der Waals surface area (Å²) in [5.74, 6) is 0.683. The largest absolute Gasteiger partial charge is 0.355 e. The summed E-state index contributed by atoms with van der Waals surface area (Å²) in [5, 5.41) is 6.22. The van der Waals surface area contributed by atoms with Gasteiger partial charge in [0.2, 0.25) is 5.91 Å². The minimum absolute atomic E-state index is 0.161. The van der Waals surface area contributed by atoms with Crippen LogP contribution in [0.1, 0.15) is 27.2 Å². The normalized spacial score (nSPS) is 16.6. The van der Waals surface area contributed by atoms with Crippen molar-refractivity contribution >= 4 is 5.91 Å². The van der Waals surface area contributed by atoms with Crippen molar-refractivity contribution in [1.29, 1.82) is 0 Å². The van der Waals surface area contributed by atoms with Gasteiger partial charge < -0.3 is 10.6 Å². The molecule has 0 saturated carbocycles. The smallest absolute Gasteiger partial charge is 0.234 e. The lowest BCUT2D eigenvalue weighted by Gasteiger charge is -2.37. The Morgan fingerprint density at radius 2 is 2.19 bits per heavy atom. The molecule has 0 aliphatic carbocycles. The van der Waals surface area contributed by atoms with E-state index in [9.17, 15) is 4.79 Å². The van der Waals surface area contributed by atoms with Crippen molar-refractivity contribution in [2.45, 2.75) is 33.2 Å². The zero-order chi connectivity index (χ0) is 12.0. The number of carbonyl (C=O) groups is 1. The SMILES string of the molecule is CCCN(CC(=O)NCC(C)C)C1CNC1. The summed E-state index contributed by atoms with van der Waals surface area (Å²) in [6.07, 6.45) is 1.11. The highest BCUT2D eigenvalue weighted by atomic mass is 16.2. The Balaban J connectivity index is 2.26. The number of hydrogen-bond acceptors (Lipinski definition) is 3. The highest BCUT2D eigenvalue weighted by molar-refractivity contribution is 5.78. The number of nitrogens with zero attached hydrogens (tertiary/aromatic N) is 1. The van der Waals surface area contributed by atoms with Crippen LogP contribution in [0.15, 0.2) is 0 Å². The highest BCUT2D eigenvalue weighted by Crippen LogP contribution is 2.05. The van der Waals surface area contributed by atoms with E-state index in [1.807, 2.05) is 0 Å². The van der Waals surface area contributed by atoms with Gasteiger partial charge in [-0.25, -0.2) is 0 Å². The zero-order valence-electron chi connectivity index (χ0n) is 10.8.